The molecule has 0 atom stereocenters. The van der Waals surface area contributed by atoms with E-state index in [1.54, 1.807) is 0 Å². The maximum atomic E-state index is 6.11. The molecule has 4 aromatic rings. The number of aromatic nitrogens is 2. The number of anilines is 1. The highest BCUT2D eigenvalue weighted by molar-refractivity contribution is 7.19. The predicted octanol–water partition coefficient (Wildman–Crippen LogP) is 4.33. The number of hydrogen-bond acceptors (Lipinski definition) is 5. The number of nitrogens with one attached hydrogen (secondary N) is 1. The number of aromatic amines is 1. The summed E-state index contributed by atoms with van der Waals surface area (Å²) >= 11 is 7.97. The molecule has 2 aromatic heterocycles. The van der Waals surface area contributed by atoms with E-state index in [1.807, 2.05) is 17.4 Å². The molecule has 0 saturated carbocycles. The van der Waals surface area contributed by atoms with Crippen LogP contribution < -0.4 is 5.73 Å². The summed E-state index contributed by atoms with van der Waals surface area (Å²) in [4.78, 5) is 6.47. The van der Waals surface area contributed by atoms with E-state index in [0.717, 1.165) is 55.2 Å². The zero-order valence-corrected chi connectivity index (χ0v) is 17.1. The van der Waals surface area contributed by atoms with Gasteiger partial charge < -0.3 is 5.73 Å². The summed E-state index contributed by atoms with van der Waals surface area (Å²) in [5.74, 6) is 0.568. The molecular weight excluding hydrogens is 390 g/mol. The van der Waals surface area contributed by atoms with Gasteiger partial charge in [0.25, 0.3) is 0 Å². The fourth-order valence-electron chi connectivity index (χ4n) is 3.91. The molecule has 5 nitrogen and oxygen atoms in total. The number of nitrogens with two attached hydrogens (primary N) is 1. The van der Waals surface area contributed by atoms with E-state index >= 15 is 0 Å². The molecule has 3 heterocycles. The molecule has 0 spiro atoms. The number of H-pyrrole nitrogens is 1. The number of benzene rings is 2. The van der Waals surface area contributed by atoms with Gasteiger partial charge in [-0.05, 0) is 41.3 Å². The summed E-state index contributed by atoms with van der Waals surface area (Å²) in [6.45, 7) is 6.33. The Morgan fingerprint density at radius 3 is 2.61 bits per heavy atom. The zero-order chi connectivity index (χ0) is 19.1. The average Bonchev–Trinajstić information content (AvgIpc) is 3.26. The third-order valence-corrected chi connectivity index (χ3v) is 6.76. The quantitative estimate of drug-likeness (QED) is 0.524. The van der Waals surface area contributed by atoms with Gasteiger partial charge in [0.05, 0.1) is 5.52 Å². The molecule has 2 aromatic carbocycles. The van der Waals surface area contributed by atoms with Crippen LogP contribution in [0.4, 0.5) is 5.82 Å². The predicted molar refractivity (Wildman–Crippen MR) is 118 cm³/mol. The zero-order valence-electron chi connectivity index (χ0n) is 15.5. The molecule has 0 aliphatic carbocycles. The van der Waals surface area contributed by atoms with Crippen LogP contribution in [0.1, 0.15) is 10.4 Å². The molecule has 1 fully saturated rings. The molecule has 7 heteroatoms. The summed E-state index contributed by atoms with van der Waals surface area (Å²) < 4.78 is 1.27. The van der Waals surface area contributed by atoms with Crippen molar-refractivity contribution in [3.05, 3.63) is 57.9 Å². The fraction of sp³-hybridized carbons (Fsp3) is 0.286. The monoisotopic (exact) mass is 411 g/mol. The topological polar surface area (TPSA) is 61.2 Å². The number of hydrogen-bond donors (Lipinski definition) is 2. The Kier molecular flexibility index (Phi) is 4.72. The fourth-order valence-corrected chi connectivity index (χ4v) is 5.29. The van der Waals surface area contributed by atoms with Gasteiger partial charge in [0, 0.05) is 59.3 Å². The minimum absolute atomic E-state index is 0.568. The lowest BCUT2D eigenvalue weighted by molar-refractivity contribution is 0.123. The molecule has 1 saturated heterocycles. The van der Waals surface area contributed by atoms with Crippen molar-refractivity contribution in [1.29, 1.82) is 0 Å². The first-order valence-corrected chi connectivity index (χ1v) is 10.7. The molecule has 144 valence electrons. The van der Waals surface area contributed by atoms with Crippen molar-refractivity contribution in [3.63, 3.8) is 0 Å². The van der Waals surface area contributed by atoms with Crippen LogP contribution in [0.5, 0.6) is 0 Å². The molecule has 1 aliphatic rings. The van der Waals surface area contributed by atoms with E-state index in [4.69, 9.17) is 17.3 Å². The maximum absolute atomic E-state index is 6.11. The Hall–Kier alpha value is -2.12. The van der Waals surface area contributed by atoms with Gasteiger partial charge in [0.2, 0.25) is 0 Å². The highest BCUT2D eigenvalue weighted by Gasteiger charge is 2.18. The smallest absolute Gasteiger partial charge is 0.153 e. The van der Waals surface area contributed by atoms with Crippen LogP contribution in [0.15, 0.2) is 42.5 Å². The van der Waals surface area contributed by atoms with Crippen LogP contribution in [0.25, 0.3) is 21.0 Å². The minimum Gasteiger partial charge on any atom is -0.382 e. The van der Waals surface area contributed by atoms with Gasteiger partial charge in [-0.1, -0.05) is 23.7 Å². The first-order valence-electron chi connectivity index (χ1n) is 9.49. The average molecular weight is 412 g/mol. The molecule has 1 aliphatic heterocycles. The first-order chi connectivity index (χ1) is 13.6. The van der Waals surface area contributed by atoms with Crippen LogP contribution in [0.3, 0.4) is 0 Å². The number of thiophene rings is 1. The molecular formula is C21H22ClN5S. The number of nitrogen functional groups attached to an aromatic ring is 1. The van der Waals surface area contributed by atoms with Gasteiger partial charge in [0.15, 0.2) is 5.82 Å². The normalized spacial score (nSPS) is 16.3. The molecule has 5 rings (SSSR count). The molecule has 3 N–H and O–H groups in total. The van der Waals surface area contributed by atoms with E-state index < -0.39 is 0 Å². The van der Waals surface area contributed by atoms with Crippen molar-refractivity contribution in [1.82, 2.24) is 20.0 Å². The molecule has 0 radical (unpaired) electrons. The standard InChI is InChI=1S/C21H22ClN5S/c22-16-3-2-15-10-17(28-20(15)11-16)13-27-7-5-26(6-8-27)12-14-1-4-18-19(9-14)24-25-21(18)23/h1-4,9-11H,5-8,12-13H2,(H3,23,24,25). The van der Waals surface area contributed by atoms with Gasteiger partial charge >= 0.3 is 0 Å². The summed E-state index contributed by atoms with van der Waals surface area (Å²) in [6.07, 6.45) is 0. The number of fused-ring (bicyclic) bond motifs is 2. The number of halogens is 1. The number of rotatable bonds is 4. The Morgan fingerprint density at radius 1 is 1.00 bits per heavy atom. The maximum Gasteiger partial charge on any atom is 0.153 e. The van der Waals surface area contributed by atoms with Gasteiger partial charge in [-0.3, -0.25) is 14.9 Å². The highest BCUT2D eigenvalue weighted by Crippen LogP contribution is 2.29. The van der Waals surface area contributed by atoms with Crippen molar-refractivity contribution < 1.29 is 0 Å². The summed E-state index contributed by atoms with van der Waals surface area (Å²) in [5.41, 5.74) is 8.17. The van der Waals surface area contributed by atoms with Crippen molar-refractivity contribution >= 4 is 49.7 Å². The van der Waals surface area contributed by atoms with Crippen molar-refractivity contribution in [3.8, 4) is 0 Å². The third kappa shape index (κ3) is 3.61. The number of nitrogens with zero attached hydrogens (tertiary/aromatic N) is 3. The highest BCUT2D eigenvalue weighted by atomic mass is 35.5. The largest absolute Gasteiger partial charge is 0.382 e. The van der Waals surface area contributed by atoms with Gasteiger partial charge in [-0.25, -0.2) is 0 Å². The van der Waals surface area contributed by atoms with E-state index in [-0.39, 0.29) is 0 Å². The summed E-state index contributed by atoms with van der Waals surface area (Å²) in [6, 6.07) is 14.8. The van der Waals surface area contributed by atoms with Crippen molar-refractivity contribution in [2.75, 3.05) is 31.9 Å². The molecule has 0 bridgehead atoms. The molecule has 0 amide bonds. The Labute approximate surface area is 172 Å². The van der Waals surface area contributed by atoms with E-state index in [0.29, 0.717) is 5.82 Å². The van der Waals surface area contributed by atoms with Gasteiger partial charge in [0.1, 0.15) is 0 Å². The second-order valence-corrected chi connectivity index (χ2v) is 9.04. The minimum atomic E-state index is 0.568. The van der Waals surface area contributed by atoms with Crippen LogP contribution >= 0.6 is 22.9 Å². The third-order valence-electron chi connectivity index (χ3n) is 5.44. The van der Waals surface area contributed by atoms with Crippen LogP contribution in [-0.4, -0.2) is 46.2 Å². The Bertz CT molecular complexity index is 1110. The van der Waals surface area contributed by atoms with E-state index in [9.17, 15) is 0 Å². The second-order valence-electron chi connectivity index (χ2n) is 7.44. The Balaban J connectivity index is 1.19. The summed E-state index contributed by atoms with van der Waals surface area (Å²) in [7, 11) is 0. The molecule has 0 unspecified atom stereocenters. The molecule has 28 heavy (non-hydrogen) atoms. The van der Waals surface area contributed by atoms with E-state index in [2.05, 4.69) is 56.4 Å². The van der Waals surface area contributed by atoms with Crippen molar-refractivity contribution in [2.45, 2.75) is 13.1 Å². The van der Waals surface area contributed by atoms with E-state index in [1.165, 1.54) is 20.5 Å². The first kappa shape index (κ1) is 17.9. The van der Waals surface area contributed by atoms with Crippen LogP contribution in [0, 0.1) is 0 Å². The lowest BCUT2D eigenvalue weighted by Crippen LogP contribution is -2.45. The van der Waals surface area contributed by atoms with Gasteiger partial charge in [-0.15, -0.1) is 11.3 Å². The SMILES string of the molecule is Nc1n[nH]c2cc(CN3CCN(Cc4cc5ccc(Cl)cc5s4)CC3)ccc12. The summed E-state index contributed by atoms with van der Waals surface area (Å²) in [5, 5.41) is 10.2. The van der Waals surface area contributed by atoms with Crippen molar-refractivity contribution in [2.24, 2.45) is 0 Å². The van der Waals surface area contributed by atoms with Crippen LogP contribution in [0.2, 0.25) is 5.02 Å². The lowest BCUT2D eigenvalue weighted by atomic mass is 10.1. The Morgan fingerprint density at radius 2 is 1.79 bits per heavy atom. The van der Waals surface area contributed by atoms with Gasteiger partial charge in [-0.2, -0.15) is 5.10 Å². The lowest BCUT2D eigenvalue weighted by Gasteiger charge is -2.34. The second kappa shape index (κ2) is 7.37. The number of piperazine rings is 1. The van der Waals surface area contributed by atoms with Crippen LogP contribution in [-0.2, 0) is 13.1 Å².